The van der Waals surface area contributed by atoms with E-state index >= 15 is 0 Å². The molecule has 2 aliphatic rings. The van der Waals surface area contributed by atoms with E-state index in [1.54, 1.807) is 0 Å². The van der Waals surface area contributed by atoms with Crippen LogP contribution in [0.1, 0.15) is 26.7 Å². The van der Waals surface area contributed by atoms with Crippen molar-refractivity contribution in [1.29, 1.82) is 0 Å². The Morgan fingerprint density at radius 3 is 1.75 bits per heavy atom. The maximum absolute atomic E-state index is 5.75. The fourth-order valence-electron chi connectivity index (χ4n) is 2.24. The topological polar surface area (TPSA) is 9.23 Å². The molecule has 0 aromatic heterocycles. The number of allylic oxidation sites excluding steroid dienone is 6. The summed E-state index contributed by atoms with van der Waals surface area (Å²) in [7, 11) is 0. The molecule has 0 saturated heterocycles. The Morgan fingerprint density at radius 2 is 1.50 bits per heavy atom. The van der Waals surface area contributed by atoms with Crippen LogP contribution in [-0.4, -0.2) is 6.10 Å². The van der Waals surface area contributed by atoms with Gasteiger partial charge in [-0.2, -0.15) is 0 Å². The summed E-state index contributed by atoms with van der Waals surface area (Å²) in [4.78, 5) is 0. The second-order valence-corrected chi connectivity index (χ2v) is 4.71. The van der Waals surface area contributed by atoms with Crippen LogP contribution in [0.3, 0.4) is 0 Å². The van der Waals surface area contributed by atoms with Gasteiger partial charge in [0.25, 0.3) is 0 Å². The van der Waals surface area contributed by atoms with Gasteiger partial charge in [0.2, 0.25) is 0 Å². The van der Waals surface area contributed by atoms with Crippen LogP contribution in [0, 0.1) is 0 Å². The van der Waals surface area contributed by atoms with Crippen LogP contribution in [0.5, 0.6) is 0 Å². The second-order valence-electron chi connectivity index (χ2n) is 4.13. The van der Waals surface area contributed by atoms with Crippen LogP contribution in [0.4, 0.5) is 0 Å². The van der Waals surface area contributed by atoms with Gasteiger partial charge in [0.15, 0.2) is 0 Å². The molecule has 0 unspecified atom stereocenters. The van der Waals surface area contributed by atoms with Crippen molar-refractivity contribution in [2.24, 2.45) is 0 Å². The predicted octanol–water partition coefficient (Wildman–Crippen LogP) is 3.81. The smallest absolute Gasteiger partial charge is 0.147 e. The molecule has 0 bridgehead atoms. The molecular weight excluding hydrogens is 299 g/mol. The monoisotopic (exact) mass is 313 g/mol. The molecule has 1 nitrogen and oxygen atoms in total. The third-order valence-electron chi connectivity index (χ3n) is 3.18. The van der Waals surface area contributed by atoms with Crippen molar-refractivity contribution in [3.63, 3.8) is 0 Å². The molecule has 0 fully saturated rings. The fourth-order valence-corrected chi connectivity index (χ4v) is 2.94. The van der Waals surface area contributed by atoms with E-state index < -0.39 is 0 Å². The average Bonchev–Trinajstić information content (AvgIpc) is 2.80. The Kier molecular flexibility index (Phi) is 5.43. The molecule has 0 amide bonds. The van der Waals surface area contributed by atoms with E-state index in [1.165, 1.54) is 22.3 Å². The third kappa shape index (κ3) is 2.67. The molecule has 3 heteroatoms. The van der Waals surface area contributed by atoms with Gasteiger partial charge < -0.3 is 0 Å². The zero-order valence-corrected chi connectivity index (χ0v) is 12.9. The van der Waals surface area contributed by atoms with E-state index in [2.05, 4.69) is 38.2 Å². The van der Waals surface area contributed by atoms with Gasteiger partial charge in [-0.05, 0) is 0 Å². The number of rotatable bonds is 3. The average molecular weight is 315 g/mol. The van der Waals surface area contributed by atoms with Gasteiger partial charge in [0.1, 0.15) is 0 Å². The van der Waals surface area contributed by atoms with Gasteiger partial charge in [-0.15, -0.1) is 12.4 Å². The minimum atomic E-state index is 0. The molecule has 0 radical (unpaired) electrons. The van der Waals surface area contributed by atoms with E-state index in [1.807, 2.05) is 0 Å². The molecule has 0 aromatic carbocycles. The summed E-state index contributed by atoms with van der Waals surface area (Å²) in [5, 5.41) is 0. The standard InChI is InChI=1S/C13H15O.ClH.Zr/c1-9-5-3-7-11(9)13(14)12-8-4-6-10(12)2;;/h3-6,13H,7-8H2,1-2H3;1H;/q-1;;+1. The predicted molar refractivity (Wildman–Crippen MR) is 65.0 cm³/mol. The van der Waals surface area contributed by atoms with Crippen molar-refractivity contribution in [2.75, 3.05) is 0 Å². The summed E-state index contributed by atoms with van der Waals surface area (Å²) in [6.07, 6.45) is 11.2. The quantitative estimate of drug-likeness (QED) is 0.769. The molecule has 85 valence electrons. The van der Waals surface area contributed by atoms with Gasteiger partial charge in [0, 0.05) is 0 Å². The Bertz CT molecular complexity index is 355. The molecule has 0 saturated carbocycles. The third-order valence-corrected chi connectivity index (χ3v) is 3.75. The minimum absolute atomic E-state index is 0. The van der Waals surface area contributed by atoms with Gasteiger partial charge in [-0.1, -0.05) is 0 Å². The minimum Gasteiger partial charge on any atom is -0.147 e. The van der Waals surface area contributed by atoms with E-state index in [-0.39, 0.29) is 18.5 Å². The van der Waals surface area contributed by atoms with Crippen LogP contribution in [-0.2, 0) is 28.0 Å². The summed E-state index contributed by atoms with van der Waals surface area (Å²) in [6, 6.07) is 0. The molecule has 16 heavy (non-hydrogen) atoms. The molecule has 0 N–H and O–H groups in total. The van der Waals surface area contributed by atoms with E-state index in [0.717, 1.165) is 38.0 Å². The first-order valence-electron chi connectivity index (χ1n) is 5.28. The van der Waals surface area contributed by atoms with Crippen molar-refractivity contribution >= 4 is 12.4 Å². The van der Waals surface area contributed by atoms with Crippen LogP contribution >= 0.6 is 12.4 Å². The molecule has 2 aliphatic carbocycles. The van der Waals surface area contributed by atoms with Crippen molar-refractivity contribution in [3.8, 4) is 0 Å². The Labute approximate surface area is 119 Å². The summed E-state index contributed by atoms with van der Waals surface area (Å²) in [6.45, 7) is 4.36. The number of halogens is 1. The van der Waals surface area contributed by atoms with Gasteiger partial charge >= 0.3 is 107 Å². The summed E-state index contributed by atoms with van der Waals surface area (Å²) in [5.41, 5.74) is 5.67. The van der Waals surface area contributed by atoms with Crippen molar-refractivity contribution in [1.82, 2.24) is 0 Å². The summed E-state index contributed by atoms with van der Waals surface area (Å²) < 4.78 is 5.75. The van der Waals surface area contributed by atoms with Gasteiger partial charge in [-0.3, -0.25) is 0 Å². The maximum atomic E-state index is 5.75. The first-order chi connectivity index (χ1) is 7.24. The van der Waals surface area contributed by atoms with Crippen LogP contribution < -0.4 is 0 Å². The van der Waals surface area contributed by atoms with E-state index in [9.17, 15) is 0 Å². The van der Waals surface area contributed by atoms with Crippen molar-refractivity contribution < 1.29 is 28.0 Å². The van der Waals surface area contributed by atoms with E-state index in [0.29, 0.717) is 0 Å². The fraction of sp³-hybridized carbons (Fsp3) is 0.385. The number of hydrogen-bond donors (Lipinski definition) is 0. The molecule has 0 spiro atoms. The Morgan fingerprint density at radius 1 is 1.06 bits per heavy atom. The normalized spacial score (nSPS) is 18.9. The molecule has 0 aliphatic heterocycles. The van der Waals surface area contributed by atoms with Crippen molar-refractivity contribution in [3.05, 3.63) is 46.6 Å². The molecular formula is C13H16ClOZr. The van der Waals surface area contributed by atoms with E-state index in [4.69, 9.17) is 2.81 Å². The molecule has 2 rings (SSSR count). The summed E-state index contributed by atoms with van der Waals surface area (Å²) >= 11 is 1.15. The maximum Gasteiger partial charge on any atom is -0.147 e. The summed E-state index contributed by atoms with van der Waals surface area (Å²) in [5.74, 6) is 0. The van der Waals surface area contributed by atoms with Crippen LogP contribution in [0.25, 0.3) is 0 Å². The Hall–Kier alpha value is 0.0931. The van der Waals surface area contributed by atoms with Gasteiger partial charge in [-0.25, -0.2) is 0 Å². The largest absolute Gasteiger partial charge is 0.147 e. The van der Waals surface area contributed by atoms with Crippen LogP contribution in [0.15, 0.2) is 46.6 Å². The SMILES string of the molecule is CC1=C(C([O][Zr])C2=C(C)C=CC2)CC=C1.Cl. The first-order valence-corrected chi connectivity index (χ1v) is 6.29. The van der Waals surface area contributed by atoms with Crippen LogP contribution in [0.2, 0.25) is 0 Å². The molecule has 0 atom stereocenters. The molecule has 0 heterocycles. The Balaban J connectivity index is 0.00000128. The zero-order valence-electron chi connectivity index (χ0n) is 9.62. The molecule has 0 aromatic rings. The first kappa shape index (κ1) is 14.2. The second kappa shape index (κ2) is 6.14. The zero-order chi connectivity index (χ0) is 10.8. The van der Waals surface area contributed by atoms with Crippen molar-refractivity contribution in [2.45, 2.75) is 32.8 Å². The number of hydrogen-bond acceptors (Lipinski definition) is 1. The van der Waals surface area contributed by atoms with Gasteiger partial charge in [0.05, 0.1) is 0 Å².